The van der Waals surface area contributed by atoms with Crippen molar-refractivity contribution in [2.45, 2.75) is 39.5 Å². The molecule has 1 atom stereocenters. The predicted molar refractivity (Wildman–Crippen MR) is 98.0 cm³/mol. The minimum atomic E-state index is -0.985. The van der Waals surface area contributed by atoms with E-state index in [4.69, 9.17) is 10.2 Å². The topological polar surface area (TPSA) is 107 Å². The minimum absolute atomic E-state index is 0.490. The van der Waals surface area contributed by atoms with Crippen molar-refractivity contribution >= 4 is 11.5 Å². The van der Waals surface area contributed by atoms with E-state index in [2.05, 4.69) is 32.5 Å². The van der Waals surface area contributed by atoms with Crippen LogP contribution in [0.2, 0.25) is 0 Å². The van der Waals surface area contributed by atoms with Gasteiger partial charge in [0.25, 0.3) is 0 Å². The van der Waals surface area contributed by atoms with Crippen molar-refractivity contribution in [2.75, 3.05) is 5.32 Å². The van der Waals surface area contributed by atoms with Crippen LogP contribution in [0.25, 0.3) is 0 Å². The van der Waals surface area contributed by atoms with Gasteiger partial charge in [0, 0.05) is 5.69 Å². The monoisotopic (exact) mass is 351 g/mol. The molecular formula is C18H21N7O. The first kappa shape index (κ1) is 16.5. The number of aromatic nitrogens is 4. The fraction of sp³-hybridized carbons (Fsp3) is 0.333. The quantitative estimate of drug-likeness (QED) is 0.745. The van der Waals surface area contributed by atoms with E-state index in [0.717, 1.165) is 23.6 Å². The first-order chi connectivity index (χ1) is 12.4. The van der Waals surface area contributed by atoms with Gasteiger partial charge in [-0.05, 0) is 44.5 Å². The highest BCUT2D eigenvalue weighted by molar-refractivity contribution is 6.13. The summed E-state index contributed by atoms with van der Waals surface area (Å²) in [5, 5.41) is 11.8. The van der Waals surface area contributed by atoms with Crippen molar-refractivity contribution in [3.8, 4) is 0 Å². The average Bonchev–Trinajstić information content (AvgIpc) is 3.20. The number of aliphatic imine (C=N–C) groups is 1. The lowest BCUT2D eigenvalue weighted by molar-refractivity contribution is 0.514. The number of nitrogens with two attached hydrogens (primary N) is 1. The van der Waals surface area contributed by atoms with Crippen molar-refractivity contribution in [3.05, 3.63) is 58.9 Å². The first-order valence-electron chi connectivity index (χ1n) is 8.57. The molecule has 26 heavy (non-hydrogen) atoms. The molecule has 134 valence electrons. The summed E-state index contributed by atoms with van der Waals surface area (Å²) in [7, 11) is 0. The van der Waals surface area contributed by atoms with Crippen LogP contribution in [0.3, 0.4) is 0 Å². The molecule has 1 aliphatic heterocycles. The van der Waals surface area contributed by atoms with E-state index >= 15 is 0 Å². The van der Waals surface area contributed by atoms with Gasteiger partial charge in [-0.1, -0.05) is 18.2 Å². The Hall–Kier alpha value is -3.00. The van der Waals surface area contributed by atoms with Gasteiger partial charge < -0.3 is 9.73 Å². The molecule has 0 aliphatic carbocycles. The van der Waals surface area contributed by atoms with Gasteiger partial charge in [0.05, 0.1) is 12.2 Å². The highest BCUT2D eigenvalue weighted by Crippen LogP contribution is 2.27. The number of hydrogen-bond donors (Lipinski definition) is 2. The molecule has 0 aromatic carbocycles. The smallest absolute Gasteiger partial charge is 0.181 e. The number of pyridine rings is 1. The largest absolute Gasteiger partial charge is 0.460 e. The molecule has 0 saturated carbocycles. The number of hydrogen-bond acceptors (Lipinski definition) is 7. The van der Waals surface area contributed by atoms with Gasteiger partial charge in [0.1, 0.15) is 11.5 Å². The molecule has 0 fully saturated rings. The summed E-state index contributed by atoms with van der Waals surface area (Å²) >= 11 is 0. The zero-order chi connectivity index (χ0) is 18.3. The maximum atomic E-state index is 6.27. The average molecular weight is 351 g/mol. The predicted octanol–water partition coefficient (Wildman–Crippen LogP) is 2.08. The Morgan fingerprint density at radius 1 is 1.23 bits per heavy atom. The van der Waals surface area contributed by atoms with Gasteiger partial charge in [-0.25, -0.2) is 9.67 Å². The molecule has 8 heteroatoms. The fourth-order valence-electron chi connectivity index (χ4n) is 2.96. The molecule has 8 nitrogen and oxygen atoms in total. The molecule has 4 heterocycles. The Kier molecular flexibility index (Phi) is 3.84. The molecule has 0 bridgehead atoms. The lowest BCUT2D eigenvalue weighted by Crippen LogP contribution is -2.46. The van der Waals surface area contributed by atoms with Crippen molar-refractivity contribution in [3.63, 3.8) is 0 Å². The van der Waals surface area contributed by atoms with Crippen LogP contribution in [0.4, 0.5) is 5.82 Å². The van der Waals surface area contributed by atoms with Crippen LogP contribution in [0.5, 0.6) is 0 Å². The number of nitrogens with zero attached hydrogens (tertiary/aromatic N) is 5. The van der Waals surface area contributed by atoms with E-state index in [1.807, 2.05) is 37.3 Å². The minimum Gasteiger partial charge on any atom is -0.460 e. The zero-order valence-corrected chi connectivity index (χ0v) is 15.0. The molecule has 0 radical (unpaired) electrons. The Balaban J connectivity index is 1.74. The molecule has 1 unspecified atom stereocenters. The maximum absolute atomic E-state index is 6.27. The van der Waals surface area contributed by atoms with Crippen molar-refractivity contribution in [1.82, 2.24) is 20.0 Å². The second kappa shape index (κ2) is 6.06. The molecule has 0 amide bonds. The van der Waals surface area contributed by atoms with E-state index in [-0.39, 0.29) is 0 Å². The Bertz CT molecular complexity index is 983. The third-order valence-corrected chi connectivity index (χ3v) is 4.19. The van der Waals surface area contributed by atoms with Gasteiger partial charge in [-0.2, -0.15) is 0 Å². The van der Waals surface area contributed by atoms with Crippen LogP contribution >= 0.6 is 0 Å². The van der Waals surface area contributed by atoms with Crippen molar-refractivity contribution in [1.29, 1.82) is 0 Å². The molecule has 4 rings (SSSR count). The van der Waals surface area contributed by atoms with Crippen molar-refractivity contribution in [2.24, 2.45) is 10.7 Å². The lowest BCUT2D eigenvalue weighted by Gasteiger charge is -2.28. The summed E-state index contributed by atoms with van der Waals surface area (Å²) in [5.74, 6) is 1.15. The summed E-state index contributed by atoms with van der Waals surface area (Å²) in [6, 6.07) is 9.74. The van der Waals surface area contributed by atoms with Gasteiger partial charge in [0.2, 0.25) is 0 Å². The van der Waals surface area contributed by atoms with Crippen LogP contribution in [-0.4, -0.2) is 31.5 Å². The molecule has 3 aromatic rings. The number of furan rings is 1. The summed E-state index contributed by atoms with van der Waals surface area (Å²) in [6.45, 7) is 6.25. The molecule has 0 spiro atoms. The van der Waals surface area contributed by atoms with Crippen LogP contribution in [-0.2, 0) is 13.0 Å². The van der Waals surface area contributed by atoms with Gasteiger partial charge in [-0.3, -0.25) is 10.7 Å². The number of aryl methyl sites for hydroxylation is 2. The summed E-state index contributed by atoms with van der Waals surface area (Å²) in [5.41, 5.74) is 9.44. The third-order valence-electron chi connectivity index (χ3n) is 4.19. The van der Waals surface area contributed by atoms with Gasteiger partial charge >= 0.3 is 0 Å². The molecule has 1 aliphatic rings. The Morgan fingerprint density at radius 2 is 2.04 bits per heavy atom. The molecule has 0 saturated heterocycles. The highest BCUT2D eigenvalue weighted by atomic mass is 16.3. The highest BCUT2D eigenvalue weighted by Gasteiger charge is 2.33. The van der Waals surface area contributed by atoms with Crippen LogP contribution in [0, 0.1) is 6.92 Å². The molecule has 3 N–H and O–H groups in total. The zero-order valence-electron chi connectivity index (χ0n) is 15.0. The fourth-order valence-corrected chi connectivity index (χ4v) is 2.96. The van der Waals surface area contributed by atoms with E-state index in [0.29, 0.717) is 29.5 Å². The van der Waals surface area contributed by atoms with Crippen LogP contribution < -0.4 is 11.1 Å². The number of fused-ring (bicyclic) bond motifs is 1. The molecular weight excluding hydrogens is 330 g/mol. The SMILES string of the molecule is CCc1cccc(Cn2nnc3c2NC(C)(N)N=C3c2ccc(C)o2)n1. The lowest BCUT2D eigenvalue weighted by atomic mass is 10.1. The van der Waals surface area contributed by atoms with Gasteiger partial charge in [-0.15, -0.1) is 5.10 Å². The van der Waals surface area contributed by atoms with Crippen LogP contribution in [0.15, 0.2) is 39.7 Å². The molecule has 3 aromatic heterocycles. The number of nitrogens with one attached hydrogen (secondary N) is 1. The normalized spacial score (nSPS) is 19.0. The summed E-state index contributed by atoms with van der Waals surface area (Å²) in [4.78, 5) is 9.18. The standard InChI is InChI=1S/C18H21N7O/c1-4-12-6-5-7-13(20-12)10-25-17-16(23-24-25)15(21-18(3,19)22-17)14-9-8-11(2)26-14/h5-9,22H,4,10,19H2,1-3H3. The number of rotatable bonds is 4. The van der Waals surface area contributed by atoms with E-state index < -0.39 is 5.79 Å². The van der Waals surface area contributed by atoms with E-state index in [1.165, 1.54) is 0 Å². The number of anilines is 1. The third kappa shape index (κ3) is 2.99. The Labute approximate surface area is 151 Å². The summed E-state index contributed by atoms with van der Waals surface area (Å²) < 4.78 is 7.48. The second-order valence-electron chi connectivity index (χ2n) is 6.56. The Morgan fingerprint density at radius 3 is 2.77 bits per heavy atom. The second-order valence-corrected chi connectivity index (χ2v) is 6.56. The van der Waals surface area contributed by atoms with Crippen molar-refractivity contribution < 1.29 is 4.42 Å². The maximum Gasteiger partial charge on any atom is 0.181 e. The first-order valence-corrected chi connectivity index (χ1v) is 8.57. The van der Waals surface area contributed by atoms with E-state index in [1.54, 1.807) is 11.6 Å². The summed E-state index contributed by atoms with van der Waals surface area (Å²) in [6.07, 6.45) is 0.886. The van der Waals surface area contributed by atoms with Crippen LogP contribution in [0.1, 0.15) is 42.4 Å². The van der Waals surface area contributed by atoms with Gasteiger partial charge in [0.15, 0.2) is 23.1 Å². The van der Waals surface area contributed by atoms with E-state index in [9.17, 15) is 0 Å².